The van der Waals surface area contributed by atoms with E-state index in [1.807, 2.05) is 0 Å². The molecule has 1 aliphatic heterocycles. The van der Waals surface area contributed by atoms with Crippen LogP contribution < -0.4 is 15.4 Å². The molecule has 0 unspecified atom stereocenters. The minimum atomic E-state index is -0.315. The van der Waals surface area contributed by atoms with Crippen LogP contribution in [0.2, 0.25) is 0 Å². The third-order valence-electron chi connectivity index (χ3n) is 4.82. The van der Waals surface area contributed by atoms with E-state index in [0.717, 1.165) is 5.56 Å². The van der Waals surface area contributed by atoms with Gasteiger partial charge in [-0.25, -0.2) is 0 Å². The zero-order chi connectivity index (χ0) is 22.1. The lowest BCUT2D eigenvalue weighted by Gasteiger charge is -2.09. The Morgan fingerprint density at radius 1 is 1.03 bits per heavy atom. The van der Waals surface area contributed by atoms with E-state index in [1.165, 1.54) is 11.3 Å². The van der Waals surface area contributed by atoms with Crippen LogP contribution in [0.3, 0.4) is 0 Å². The number of rotatable bonds is 4. The van der Waals surface area contributed by atoms with Crippen molar-refractivity contribution in [3.63, 3.8) is 0 Å². The number of amides is 2. The topological polar surface area (TPSA) is 113 Å². The molecule has 0 bridgehead atoms. The van der Waals surface area contributed by atoms with Gasteiger partial charge in [0.05, 0.1) is 17.8 Å². The van der Waals surface area contributed by atoms with Crippen molar-refractivity contribution in [1.82, 2.24) is 15.5 Å². The molecule has 4 aromatic rings. The van der Waals surface area contributed by atoms with Gasteiger partial charge in [0, 0.05) is 11.1 Å². The van der Waals surface area contributed by atoms with Crippen LogP contribution in [0.25, 0.3) is 10.6 Å². The van der Waals surface area contributed by atoms with Gasteiger partial charge in [-0.1, -0.05) is 23.5 Å². The quantitative estimate of drug-likeness (QED) is 0.435. The summed E-state index contributed by atoms with van der Waals surface area (Å²) in [5.74, 6) is 0.485. The standard InChI is InChI=1S/C23H16N4O4S/c28-15-8-5-13(6-9-15)23-27-26-20(32-23)12-24-21(29)14-7-10-19-17(11-14)25-22(30)16-3-1-2-4-18(16)31-19/h1-11,28H,12H2,(H,24,29)(H,25,30). The average Bonchev–Trinajstić information content (AvgIpc) is 3.23. The number of phenolic OH excluding ortho intramolecular Hbond substituents is 1. The van der Waals surface area contributed by atoms with Gasteiger partial charge >= 0.3 is 0 Å². The van der Waals surface area contributed by atoms with E-state index in [-0.39, 0.29) is 24.1 Å². The molecule has 2 amide bonds. The third-order valence-corrected chi connectivity index (χ3v) is 5.80. The molecule has 0 aliphatic carbocycles. The lowest BCUT2D eigenvalue weighted by Crippen LogP contribution is -2.23. The van der Waals surface area contributed by atoms with Crippen molar-refractivity contribution in [1.29, 1.82) is 0 Å². The van der Waals surface area contributed by atoms with Gasteiger partial charge in [0.1, 0.15) is 21.5 Å². The molecule has 0 fully saturated rings. The highest BCUT2D eigenvalue weighted by Gasteiger charge is 2.21. The Labute approximate surface area is 186 Å². The predicted octanol–water partition coefficient (Wildman–Crippen LogP) is 4.20. The van der Waals surface area contributed by atoms with Gasteiger partial charge < -0.3 is 20.5 Å². The number of nitrogens with zero attached hydrogens (tertiary/aromatic N) is 2. The molecule has 0 radical (unpaired) electrons. The second-order valence-electron chi connectivity index (χ2n) is 6.99. The van der Waals surface area contributed by atoms with E-state index >= 15 is 0 Å². The van der Waals surface area contributed by atoms with Crippen molar-refractivity contribution >= 4 is 28.8 Å². The first-order valence-corrected chi connectivity index (χ1v) is 10.5. The number of para-hydroxylation sites is 1. The first-order valence-electron chi connectivity index (χ1n) is 9.69. The maximum atomic E-state index is 12.7. The van der Waals surface area contributed by atoms with Crippen LogP contribution in [-0.4, -0.2) is 27.1 Å². The molecule has 32 heavy (non-hydrogen) atoms. The molecule has 8 nitrogen and oxygen atoms in total. The van der Waals surface area contributed by atoms with Crippen molar-refractivity contribution in [2.45, 2.75) is 6.54 Å². The van der Waals surface area contributed by atoms with Gasteiger partial charge in [0.2, 0.25) is 0 Å². The molecule has 5 rings (SSSR count). The number of carbonyl (C=O) groups is 2. The highest BCUT2D eigenvalue weighted by atomic mass is 32.1. The first kappa shape index (κ1) is 19.7. The number of nitrogens with one attached hydrogen (secondary N) is 2. The van der Waals surface area contributed by atoms with Gasteiger partial charge in [-0.3, -0.25) is 9.59 Å². The summed E-state index contributed by atoms with van der Waals surface area (Å²) in [5, 5.41) is 24.6. The SMILES string of the molecule is O=C(NCc1nnc(-c2ccc(O)cc2)s1)c1ccc2c(c1)NC(=O)c1ccccc1O2. The number of aromatic hydroxyl groups is 1. The van der Waals surface area contributed by atoms with E-state index < -0.39 is 0 Å². The van der Waals surface area contributed by atoms with Crippen LogP contribution in [0.15, 0.2) is 66.7 Å². The number of hydrogen-bond acceptors (Lipinski definition) is 7. The van der Waals surface area contributed by atoms with Crippen LogP contribution in [0.4, 0.5) is 5.69 Å². The van der Waals surface area contributed by atoms with E-state index in [1.54, 1.807) is 66.7 Å². The zero-order valence-electron chi connectivity index (χ0n) is 16.5. The Hall–Kier alpha value is -4.24. The molecule has 9 heteroatoms. The first-order chi connectivity index (χ1) is 15.6. The third kappa shape index (κ3) is 3.88. The molecule has 0 saturated carbocycles. The fourth-order valence-electron chi connectivity index (χ4n) is 3.21. The molecule has 2 heterocycles. The molecule has 0 saturated heterocycles. The van der Waals surface area contributed by atoms with Crippen molar-refractivity contribution in [3.05, 3.63) is 82.9 Å². The minimum absolute atomic E-state index is 0.178. The van der Waals surface area contributed by atoms with Crippen LogP contribution >= 0.6 is 11.3 Å². The summed E-state index contributed by atoms with van der Waals surface area (Å²) in [6.45, 7) is 0.208. The molecular formula is C23H16N4O4S. The Morgan fingerprint density at radius 2 is 1.84 bits per heavy atom. The van der Waals surface area contributed by atoms with Crippen molar-refractivity contribution < 1.29 is 19.4 Å². The normalized spacial score (nSPS) is 12.1. The molecule has 158 valence electrons. The molecular weight excluding hydrogens is 428 g/mol. The van der Waals surface area contributed by atoms with E-state index in [9.17, 15) is 14.7 Å². The van der Waals surface area contributed by atoms with Crippen LogP contribution in [0, 0.1) is 0 Å². The summed E-state index contributed by atoms with van der Waals surface area (Å²) in [7, 11) is 0. The molecule has 0 atom stereocenters. The monoisotopic (exact) mass is 444 g/mol. The van der Waals surface area contributed by atoms with Gasteiger partial charge in [-0.15, -0.1) is 10.2 Å². The molecule has 0 spiro atoms. The summed E-state index contributed by atoms with van der Waals surface area (Å²) in [4.78, 5) is 25.1. The smallest absolute Gasteiger partial charge is 0.259 e. The number of phenols is 1. The minimum Gasteiger partial charge on any atom is -0.508 e. The van der Waals surface area contributed by atoms with E-state index in [4.69, 9.17) is 4.74 Å². The second kappa shape index (κ2) is 8.12. The Kier molecular flexibility index (Phi) is 5.00. The van der Waals surface area contributed by atoms with Crippen LogP contribution in [-0.2, 0) is 6.54 Å². The van der Waals surface area contributed by atoms with Crippen molar-refractivity contribution in [2.24, 2.45) is 0 Å². The number of ether oxygens (including phenoxy) is 1. The maximum Gasteiger partial charge on any atom is 0.259 e. The van der Waals surface area contributed by atoms with E-state index in [0.29, 0.717) is 38.3 Å². The van der Waals surface area contributed by atoms with Crippen LogP contribution in [0.1, 0.15) is 25.7 Å². The zero-order valence-corrected chi connectivity index (χ0v) is 17.3. The number of fused-ring (bicyclic) bond motifs is 2. The number of aromatic nitrogens is 2. The molecule has 3 aromatic carbocycles. The second-order valence-corrected chi connectivity index (χ2v) is 8.06. The van der Waals surface area contributed by atoms with Gasteiger partial charge in [-0.2, -0.15) is 0 Å². The lowest BCUT2D eigenvalue weighted by atomic mass is 10.1. The lowest BCUT2D eigenvalue weighted by molar-refractivity contribution is 0.0949. The highest BCUT2D eigenvalue weighted by molar-refractivity contribution is 7.14. The molecule has 1 aliphatic rings. The number of anilines is 1. The number of carbonyl (C=O) groups excluding carboxylic acids is 2. The summed E-state index contributed by atoms with van der Waals surface area (Å²) in [6.07, 6.45) is 0. The van der Waals surface area contributed by atoms with Crippen molar-refractivity contribution in [3.8, 4) is 27.8 Å². The summed E-state index contributed by atoms with van der Waals surface area (Å²) < 4.78 is 5.84. The van der Waals surface area contributed by atoms with E-state index in [2.05, 4.69) is 20.8 Å². The van der Waals surface area contributed by atoms with Crippen molar-refractivity contribution in [2.75, 3.05) is 5.32 Å². The summed E-state index contributed by atoms with van der Waals surface area (Å²) >= 11 is 1.35. The highest BCUT2D eigenvalue weighted by Crippen LogP contribution is 2.36. The fourth-order valence-corrected chi connectivity index (χ4v) is 4.00. The van der Waals surface area contributed by atoms with Gasteiger partial charge in [0.25, 0.3) is 11.8 Å². The Morgan fingerprint density at radius 3 is 2.69 bits per heavy atom. The van der Waals surface area contributed by atoms with Crippen LogP contribution in [0.5, 0.6) is 17.2 Å². The molecule has 3 N–H and O–H groups in total. The summed E-state index contributed by atoms with van der Waals surface area (Å²) in [5.41, 5.74) is 2.06. The largest absolute Gasteiger partial charge is 0.508 e. The number of benzene rings is 3. The fraction of sp³-hybridized carbons (Fsp3) is 0.0435. The molecule has 1 aromatic heterocycles. The maximum absolute atomic E-state index is 12.7. The average molecular weight is 444 g/mol. The predicted molar refractivity (Wildman–Crippen MR) is 119 cm³/mol. The van der Waals surface area contributed by atoms with Gasteiger partial charge in [0.15, 0.2) is 5.75 Å². The number of hydrogen-bond donors (Lipinski definition) is 3. The summed E-state index contributed by atoms with van der Waals surface area (Å²) in [6, 6.07) is 18.5. The Balaban J connectivity index is 1.28. The van der Waals surface area contributed by atoms with Gasteiger partial charge in [-0.05, 0) is 54.6 Å². The Bertz CT molecular complexity index is 1330.